The maximum Gasteiger partial charge on any atom is 0.326 e. The number of amides is 3. The van der Waals surface area contributed by atoms with E-state index < -0.39 is 24.0 Å². The Morgan fingerprint density at radius 1 is 0.875 bits per heavy atom. The van der Waals surface area contributed by atoms with E-state index in [0.29, 0.717) is 18.0 Å². The van der Waals surface area contributed by atoms with Crippen LogP contribution in [-0.4, -0.2) is 53.0 Å². The Morgan fingerprint density at radius 3 is 2.08 bits per heavy atom. The molecule has 0 bridgehead atoms. The number of aliphatic carboxylic acids is 1. The van der Waals surface area contributed by atoms with Crippen LogP contribution in [-0.2, 0) is 20.8 Å². The lowest BCUT2D eigenvalue weighted by Crippen LogP contribution is -2.50. The van der Waals surface area contributed by atoms with E-state index in [9.17, 15) is 24.3 Å². The third kappa shape index (κ3) is 9.58. The fourth-order valence-corrected chi connectivity index (χ4v) is 4.07. The largest absolute Gasteiger partial charge is 0.480 e. The lowest BCUT2D eigenvalue weighted by molar-refractivity contribution is -0.139. The molecule has 0 aromatic heterocycles. The van der Waals surface area contributed by atoms with Crippen molar-refractivity contribution in [1.29, 1.82) is 0 Å². The summed E-state index contributed by atoms with van der Waals surface area (Å²) in [5, 5.41) is 15.0. The Hall–Kier alpha value is -4.66. The molecule has 3 rings (SSSR count). The minimum absolute atomic E-state index is 0.0605. The van der Waals surface area contributed by atoms with E-state index in [-0.39, 0.29) is 31.2 Å². The summed E-state index contributed by atoms with van der Waals surface area (Å²) in [6.07, 6.45) is 0.0362. The first-order valence-electron chi connectivity index (χ1n) is 13.1. The van der Waals surface area contributed by atoms with E-state index in [1.807, 2.05) is 68.4 Å². The number of carboxylic acids is 1. The van der Waals surface area contributed by atoms with Crippen LogP contribution in [0.4, 0.5) is 10.5 Å². The maximum absolute atomic E-state index is 13.1. The molecule has 0 saturated carbocycles. The number of carbonyl (C=O) groups excluding carboxylic acids is 3. The van der Waals surface area contributed by atoms with Gasteiger partial charge in [0.05, 0.1) is 6.42 Å². The number of nitrogens with zero attached hydrogens (tertiary/aromatic N) is 1. The second kappa shape index (κ2) is 14.5. The molecule has 0 aliphatic carbocycles. The van der Waals surface area contributed by atoms with Crippen LogP contribution in [0, 0.1) is 5.92 Å². The summed E-state index contributed by atoms with van der Waals surface area (Å²) >= 11 is 0. The molecular weight excluding hydrogens is 510 g/mol. The van der Waals surface area contributed by atoms with Crippen LogP contribution >= 0.6 is 0 Å². The van der Waals surface area contributed by atoms with Crippen molar-refractivity contribution < 1.29 is 29.0 Å². The van der Waals surface area contributed by atoms with Gasteiger partial charge < -0.3 is 25.4 Å². The fourth-order valence-electron chi connectivity index (χ4n) is 4.07. The number of urea groups is 1. The van der Waals surface area contributed by atoms with E-state index in [1.54, 1.807) is 24.3 Å². The Morgan fingerprint density at radius 2 is 1.50 bits per heavy atom. The lowest BCUT2D eigenvalue weighted by atomic mass is 10.0. The van der Waals surface area contributed by atoms with Crippen molar-refractivity contribution in [2.24, 2.45) is 5.92 Å². The summed E-state index contributed by atoms with van der Waals surface area (Å²) in [6, 6.07) is 22.1. The molecule has 0 fully saturated rings. The zero-order valence-corrected chi connectivity index (χ0v) is 22.9. The molecule has 3 aromatic carbocycles. The summed E-state index contributed by atoms with van der Waals surface area (Å²) in [7, 11) is 0. The molecule has 3 amide bonds. The lowest BCUT2D eigenvalue weighted by Gasteiger charge is -2.26. The van der Waals surface area contributed by atoms with E-state index in [1.165, 1.54) is 11.8 Å². The van der Waals surface area contributed by atoms with Gasteiger partial charge in [0.2, 0.25) is 5.91 Å². The molecule has 0 aliphatic rings. The van der Waals surface area contributed by atoms with Crippen molar-refractivity contribution in [2.45, 2.75) is 39.7 Å². The van der Waals surface area contributed by atoms with Gasteiger partial charge in [0.1, 0.15) is 11.8 Å². The van der Waals surface area contributed by atoms with E-state index >= 15 is 0 Å². The highest BCUT2D eigenvalue weighted by molar-refractivity contribution is 5.88. The molecule has 0 radical (unpaired) electrons. The van der Waals surface area contributed by atoms with Crippen LogP contribution in [0.3, 0.4) is 0 Å². The number of benzene rings is 3. The number of ether oxygens (including phenoxy) is 1. The van der Waals surface area contributed by atoms with Crippen molar-refractivity contribution in [3.8, 4) is 16.9 Å². The molecule has 1 atom stereocenters. The Kier molecular flexibility index (Phi) is 10.8. The molecule has 3 N–H and O–H groups in total. The summed E-state index contributed by atoms with van der Waals surface area (Å²) < 4.78 is 5.35. The SMILES string of the molecule is CC(=O)Nc1ccc(OC(=O)CCN(CC(C)C)C(=O)N[C@@H](Cc2ccc(-c3ccccc3)cc2)C(=O)O)cc1. The van der Waals surface area contributed by atoms with Crippen LogP contribution in [0.15, 0.2) is 78.9 Å². The first kappa shape index (κ1) is 29.9. The predicted molar refractivity (Wildman–Crippen MR) is 153 cm³/mol. The van der Waals surface area contributed by atoms with Crippen molar-refractivity contribution in [2.75, 3.05) is 18.4 Å². The predicted octanol–water partition coefficient (Wildman–Crippen LogP) is 4.97. The second-order valence-corrected chi connectivity index (χ2v) is 9.88. The number of hydrogen-bond donors (Lipinski definition) is 3. The van der Waals surface area contributed by atoms with Gasteiger partial charge >= 0.3 is 18.0 Å². The maximum atomic E-state index is 13.1. The number of nitrogens with one attached hydrogen (secondary N) is 2. The quantitative estimate of drug-likeness (QED) is 0.218. The molecule has 40 heavy (non-hydrogen) atoms. The normalized spacial score (nSPS) is 11.4. The van der Waals surface area contributed by atoms with Crippen LogP contribution < -0.4 is 15.4 Å². The minimum atomic E-state index is -1.15. The van der Waals surface area contributed by atoms with E-state index in [4.69, 9.17) is 4.74 Å². The Labute approximate surface area is 234 Å². The molecule has 3 aromatic rings. The van der Waals surface area contributed by atoms with Crippen molar-refractivity contribution in [3.05, 3.63) is 84.4 Å². The fraction of sp³-hybridized carbons (Fsp3) is 0.290. The molecule has 0 heterocycles. The number of esters is 1. The standard InChI is InChI=1S/C31H35N3O6/c1-21(2)20-34(18-17-29(36)40-27-15-13-26(14-16-27)32-22(3)35)31(39)33-28(30(37)38)19-23-9-11-25(12-10-23)24-7-5-4-6-8-24/h4-16,21,28H,17-20H2,1-3H3,(H,32,35)(H,33,39)(H,37,38)/t28-/m0/s1. The first-order valence-corrected chi connectivity index (χ1v) is 13.1. The number of carboxylic acid groups (broad SMARTS) is 1. The zero-order valence-electron chi connectivity index (χ0n) is 22.9. The summed E-state index contributed by atoms with van der Waals surface area (Å²) in [5.74, 6) is -1.49. The van der Waals surface area contributed by atoms with Crippen molar-refractivity contribution in [1.82, 2.24) is 10.2 Å². The Bertz CT molecular complexity index is 1290. The van der Waals surface area contributed by atoms with Gasteiger partial charge in [-0.3, -0.25) is 9.59 Å². The molecule has 0 saturated heterocycles. The molecular formula is C31H35N3O6. The molecule has 9 nitrogen and oxygen atoms in total. The van der Waals surface area contributed by atoms with Gasteiger partial charge in [-0.1, -0.05) is 68.4 Å². The summed E-state index contributed by atoms with van der Waals surface area (Å²) in [4.78, 5) is 50.1. The first-order chi connectivity index (χ1) is 19.1. The van der Waals surface area contributed by atoms with Gasteiger partial charge in [0.15, 0.2) is 0 Å². The van der Waals surface area contributed by atoms with E-state index in [0.717, 1.165) is 16.7 Å². The number of anilines is 1. The highest BCUT2D eigenvalue weighted by atomic mass is 16.5. The van der Waals surface area contributed by atoms with Gasteiger partial charge in [0, 0.05) is 32.1 Å². The van der Waals surface area contributed by atoms with Gasteiger partial charge in [0.25, 0.3) is 0 Å². The molecule has 9 heteroatoms. The van der Waals surface area contributed by atoms with Crippen molar-refractivity contribution >= 4 is 29.6 Å². The number of hydrogen-bond acceptors (Lipinski definition) is 5. The van der Waals surface area contributed by atoms with Crippen LogP contribution in [0.2, 0.25) is 0 Å². The van der Waals surface area contributed by atoms with Crippen LogP contribution in [0.25, 0.3) is 11.1 Å². The summed E-state index contributed by atoms with van der Waals surface area (Å²) in [6.45, 7) is 5.65. The van der Waals surface area contributed by atoms with Crippen LogP contribution in [0.5, 0.6) is 5.75 Å². The van der Waals surface area contributed by atoms with Gasteiger partial charge in [-0.05, 0) is 46.9 Å². The van der Waals surface area contributed by atoms with Gasteiger partial charge in [-0.25, -0.2) is 9.59 Å². The highest BCUT2D eigenvalue weighted by Crippen LogP contribution is 2.20. The zero-order chi connectivity index (χ0) is 29.1. The molecule has 0 unspecified atom stereocenters. The molecule has 0 aliphatic heterocycles. The monoisotopic (exact) mass is 545 g/mol. The summed E-state index contributed by atoms with van der Waals surface area (Å²) in [5.41, 5.74) is 3.42. The third-order valence-corrected chi connectivity index (χ3v) is 5.96. The average Bonchev–Trinajstić information content (AvgIpc) is 2.92. The number of carbonyl (C=O) groups is 4. The number of rotatable bonds is 12. The van der Waals surface area contributed by atoms with Gasteiger partial charge in [-0.2, -0.15) is 0 Å². The van der Waals surface area contributed by atoms with Crippen LogP contribution in [0.1, 0.15) is 32.8 Å². The average molecular weight is 546 g/mol. The smallest absolute Gasteiger partial charge is 0.326 e. The highest BCUT2D eigenvalue weighted by Gasteiger charge is 2.25. The van der Waals surface area contributed by atoms with E-state index in [2.05, 4.69) is 10.6 Å². The minimum Gasteiger partial charge on any atom is -0.480 e. The van der Waals surface area contributed by atoms with Crippen molar-refractivity contribution in [3.63, 3.8) is 0 Å². The third-order valence-electron chi connectivity index (χ3n) is 5.96. The second-order valence-electron chi connectivity index (χ2n) is 9.88. The topological polar surface area (TPSA) is 125 Å². The molecule has 0 spiro atoms. The Balaban J connectivity index is 1.58. The van der Waals surface area contributed by atoms with Gasteiger partial charge in [-0.15, -0.1) is 0 Å². The molecule has 210 valence electrons.